The third kappa shape index (κ3) is 2.68. The lowest BCUT2D eigenvalue weighted by atomic mass is 10.2. The molecule has 0 atom stereocenters. The number of pyridine rings is 2. The molecule has 0 saturated carbocycles. The van der Waals surface area contributed by atoms with Gasteiger partial charge in [0, 0.05) is 23.8 Å². The van der Waals surface area contributed by atoms with Crippen molar-refractivity contribution in [1.82, 2.24) is 9.97 Å². The molecule has 7 heteroatoms. The first-order chi connectivity index (χ1) is 10.1. The molecule has 5 nitrogen and oxygen atoms in total. The Kier molecular flexibility index (Phi) is 3.26. The van der Waals surface area contributed by atoms with Crippen molar-refractivity contribution in [3.8, 4) is 0 Å². The largest absolute Gasteiger partial charge is 0.279 e. The molecule has 0 saturated heterocycles. The number of benzene rings is 1. The molecule has 0 unspecified atom stereocenters. The molecule has 0 bridgehead atoms. The maximum Gasteiger partial charge on any atom is 0.279 e. The van der Waals surface area contributed by atoms with Gasteiger partial charge >= 0.3 is 0 Å². The molecule has 2 heterocycles. The molecule has 1 N–H and O–H groups in total. The molecule has 0 amide bonds. The minimum Gasteiger partial charge on any atom is -0.276 e. The van der Waals surface area contributed by atoms with Crippen LogP contribution in [0.2, 0.25) is 0 Å². The first-order valence-electron chi connectivity index (χ1n) is 6.04. The van der Waals surface area contributed by atoms with Crippen LogP contribution < -0.4 is 4.72 Å². The Hall–Kier alpha value is -2.54. The number of fused-ring (bicyclic) bond motifs is 1. The molecular weight excluding hydrogens is 293 g/mol. The van der Waals surface area contributed by atoms with Crippen LogP contribution in [0.3, 0.4) is 0 Å². The van der Waals surface area contributed by atoms with Crippen molar-refractivity contribution in [1.29, 1.82) is 0 Å². The second-order valence-electron chi connectivity index (χ2n) is 4.30. The van der Waals surface area contributed by atoms with Crippen molar-refractivity contribution in [2.75, 3.05) is 4.72 Å². The zero-order chi connectivity index (χ0) is 14.9. The van der Waals surface area contributed by atoms with Crippen LogP contribution in [0.15, 0.2) is 59.9 Å². The summed E-state index contributed by atoms with van der Waals surface area (Å²) in [5.41, 5.74) is 0.453. The Morgan fingerprint density at radius 3 is 2.57 bits per heavy atom. The number of nitrogens with one attached hydrogen (secondary N) is 1. The molecule has 0 aliphatic rings. The number of hydrogen-bond acceptors (Lipinski definition) is 4. The summed E-state index contributed by atoms with van der Waals surface area (Å²) in [7, 11) is -3.89. The van der Waals surface area contributed by atoms with E-state index in [1.807, 2.05) is 0 Å². The minimum absolute atomic E-state index is 0.0799. The van der Waals surface area contributed by atoms with Gasteiger partial charge in [-0.2, -0.15) is 8.42 Å². The lowest BCUT2D eigenvalue weighted by Gasteiger charge is -2.09. The molecule has 2 aromatic heterocycles. The molecule has 21 heavy (non-hydrogen) atoms. The number of halogens is 1. The molecule has 0 aliphatic heterocycles. The summed E-state index contributed by atoms with van der Waals surface area (Å²) < 4.78 is 40.4. The van der Waals surface area contributed by atoms with E-state index in [9.17, 15) is 12.8 Å². The standard InChI is InChI=1S/C14H10FN3O2S/c15-11-8-10-4-3-7-17-14(10)12(9-11)18-21(19,20)13-5-1-2-6-16-13/h1-9,18H. The van der Waals surface area contributed by atoms with Crippen LogP contribution in [-0.4, -0.2) is 18.4 Å². The van der Waals surface area contributed by atoms with Crippen LogP contribution >= 0.6 is 0 Å². The van der Waals surface area contributed by atoms with Crippen molar-refractivity contribution in [2.24, 2.45) is 0 Å². The Labute approximate surface area is 120 Å². The van der Waals surface area contributed by atoms with Crippen molar-refractivity contribution < 1.29 is 12.8 Å². The number of rotatable bonds is 3. The first kappa shape index (κ1) is 13.4. The quantitative estimate of drug-likeness (QED) is 0.807. The van der Waals surface area contributed by atoms with Crippen LogP contribution in [0, 0.1) is 5.82 Å². The smallest absolute Gasteiger partial charge is 0.276 e. The van der Waals surface area contributed by atoms with E-state index < -0.39 is 15.8 Å². The predicted octanol–water partition coefficient (Wildman–Crippen LogP) is 2.57. The van der Waals surface area contributed by atoms with E-state index >= 15 is 0 Å². The second-order valence-corrected chi connectivity index (χ2v) is 5.93. The van der Waals surface area contributed by atoms with Gasteiger partial charge in [-0.15, -0.1) is 0 Å². The molecule has 3 rings (SSSR count). The van der Waals surface area contributed by atoms with Crippen molar-refractivity contribution in [2.45, 2.75) is 5.03 Å². The third-order valence-electron chi connectivity index (χ3n) is 2.83. The number of anilines is 1. The first-order valence-corrected chi connectivity index (χ1v) is 7.53. The van der Waals surface area contributed by atoms with Crippen molar-refractivity contribution in [3.05, 3.63) is 60.7 Å². The van der Waals surface area contributed by atoms with Crippen LogP contribution in [0.25, 0.3) is 10.9 Å². The van der Waals surface area contributed by atoms with Gasteiger partial charge in [0.15, 0.2) is 5.03 Å². The summed E-state index contributed by atoms with van der Waals surface area (Å²) in [6.07, 6.45) is 2.88. The summed E-state index contributed by atoms with van der Waals surface area (Å²) in [5.74, 6) is -0.547. The SMILES string of the molecule is O=S(=O)(Nc1cc(F)cc2cccnc12)c1ccccn1. The summed E-state index contributed by atoms with van der Waals surface area (Å²) in [5, 5.41) is 0.370. The highest BCUT2D eigenvalue weighted by atomic mass is 32.2. The van der Waals surface area contributed by atoms with E-state index in [4.69, 9.17) is 0 Å². The number of sulfonamides is 1. The average molecular weight is 303 g/mol. The second kappa shape index (κ2) is 5.10. The highest BCUT2D eigenvalue weighted by Crippen LogP contribution is 2.25. The Morgan fingerprint density at radius 1 is 1.00 bits per heavy atom. The summed E-state index contributed by atoms with van der Waals surface area (Å²) in [6, 6.07) is 10.2. The predicted molar refractivity (Wildman–Crippen MR) is 76.7 cm³/mol. The maximum atomic E-state index is 13.6. The van der Waals surface area contributed by atoms with E-state index in [0.29, 0.717) is 10.9 Å². The summed E-state index contributed by atoms with van der Waals surface area (Å²) in [6.45, 7) is 0. The lowest BCUT2D eigenvalue weighted by molar-refractivity contribution is 0.597. The van der Waals surface area contributed by atoms with E-state index in [1.165, 1.54) is 24.5 Å². The van der Waals surface area contributed by atoms with Gasteiger partial charge in [0.25, 0.3) is 10.0 Å². The Morgan fingerprint density at radius 2 is 1.81 bits per heavy atom. The minimum atomic E-state index is -3.89. The Bertz CT molecular complexity index is 898. The van der Waals surface area contributed by atoms with Crippen LogP contribution in [0.1, 0.15) is 0 Å². The van der Waals surface area contributed by atoms with E-state index in [2.05, 4.69) is 14.7 Å². The summed E-state index contributed by atoms with van der Waals surface area (Å²) in [4.78, 5) is 7.87. The van der Waals surface area contributed by atoms with E-state index in [-0.39, 0.29) is 10.7 Å². The highest BCUT2D eigenvalue weighted by Gasteiger charge is 2.17. The average Bonchev–Trinajstić information content (AvgIpc) is 2.47. The fraction of sp³-hybridized carbons (Fsp3) is 0. The zero-order valence-electron chi connectivity index (χ0n) is 10.7. The fourth-order valence-electron chi connectivity index (χ4n) is 1.94. The molecule has 0 fully saturated rings. The van der Waals surface area contributed by atoms with Crippen molar-refractivity contribution in [3.63, 3.8) is 0 Å². The van der Waals surface area contributed by atoms with Crippen LogP contribution in [0.5, 0.6) is 0 Å². The number of nitrogens with zero attached hydrogens (tertiary/aromatic N) is 2. The Balaban J connectivity index is 2.10. The van der Waals surface area contributed by atoms with Gasteiger partial charge < -0.3 is 0 Å². The fourth-order valence-corrected chi connectivity index (χ4v) is 2.94. The monoisotopic (exact) mass is 303 g/mol. The van der Waals surface area contributed by atoms with Gasteiger partial charge in [-0.05, 0) is 24.3 Å². The van der Waals surface area contributed by atoms with Gasteiger partial charge in [-0.1, -0.05) is 12.1 Å². The van der Waals surface area contributed by atoms with Crippen LogP contribution in [0.4, 0.5) is 10.1 Å². The molecule has 0 aliphatic carbocycles. The van der Waals surface area contributed by atoms with Crippen LogP contribution in [-0.2, 0) is 10.0 Å². The third-order valence-corrected chi connectivity index (χ3v) is 4.11. The normalized spacial score (nSPS) is 11.5. The van der Waals surface area contributed by atoms with Gasteiger partial charge in [0.05, 0.1) is 11.2 Å². The topological polar surface area (TPSA) is 72.0 Å². The number of hydrogen-bond donors (Lipinski definition) is 1. The van der Waals surface area contributed by atoms with Gasteiger partial charge in [0.2, 0.25) is 0 Å². The molecule has 106 valence electrons. The molecule has 0 radical (unpaired) electrons. The van der Waals surface area contributed by atoms with E-state index in [0.717, 1.165) is 6.07 Å². The molecular formula is C14H10FN3O2S. The van der Waals surface area contributed by atoms with Gasteiger partial charge in [-0.3, -0.25) is 9.71 Å². The maximum absolute atomic E-state index is 13.6. The molecule has 1 aromatic carbocycles. The highest BCUT2D eigenvalue weighted by molar-refractivity contribution is 7.92. The molecule has 3 aromatic rings. The lowest BCUT2D eigenvalue weighted by Crippen LogP contribution is -2.14. The molecule has 0 spiro atoms. The number of aromatic nitrogens is 2. The van der Waals surface area contributed by atoms with Crippen molar-refractivity contribution >= 4 is 26.6 Å². The van der Waals surface area contributed by atoms with Gasteiger partial charge in [0.1, 0.15) is 5.82 Å². The zero-order valence-corrected chi connectivity index (χ0v) is 11.5. The van der Waals surface area contributed by atoms with Gasteiger partial charge in [-0.25, -0.2) is 9.37 Å². The summed E-state index contributed by atoms with van der Waals surface area (Å²) >= 11 is 0. The van der Waals surface area contributed by atoms with E-state index in [1.54, 1.807) is 24.3 Å².